The van der Waals surface area contributed by atoms with Crippen molar-refractivity contribution in [2.24, 2.45) is 5.73 Å². The summed E-state index contributed by atoms with van der Waals surface area (Å²) in [5.74, 6) is -0.118. The van der Waals surface area contributed by atoms with E-state index >= 15 is 0 Å². The lowest BCUT2D eigenvalue weighted by Gasteiger charge is -2.16. The van der Waals surface area contributed by atoms with Crippen LogP contribution in [0.2, 0.25) is 0 Å². The Balaban J connectivity index is 2.26. The number of nitrogens with two attached hydrogens (primary N) is 1. The number of ether oxygens (including phenoxy) is 1. The van der Waals surface area contributed by atoms with Crippen LogP contribution in [0, 0.1) is 0 Å². The molecule has 1 aliphatic heterocycles. The van der Waals surface area contributed by atoms with Crippen molar-refractivity contribution in [3.8, 4) is 0 Å². The highest BCUT2D eigenvalue weighted by molar-refractivity contribution is 5.81. The second kappa shape index (κ2) is 5.29. The van der Waals surface area contributed by atoms with Gasteiger partial charge < -0.3 is 20.7 Å². The Labute approximate surface area is 84.6 Å². The van der Waals surface area contributed by atoms with Crippen molar-refractivity contribution in [2.45, 2.75) is 18.5 Å². The van der Waals surface area contributed by atoms with E-state index in [0.717, 1.165) is 19.5 Å². The molecular formula is C9H19N3O2. The number of nitrogens with one attached hydrogen (secondary N) is 1. The maximum absolute atomic E-state index is 11.5. The molecule has 2 unspecified atom stereocenters. The van der Waals surface area contributed by atoms with Crippen molar-refractivity contribution in [3.05, 3.63) is 0 Å². The van der Waals surface area contributed by atoms with Gasteiger partial charge in [0, 0.05) is 19.7 Å². The van der Waals surface area contributed by atoms with Crippen LogP contribution in [0.5, 0.6) is 0 Å². The fourth-order valence-electron chi connectivity index (χ4n) is 1.62. The number of rotatable bonds is 4. The number of carbonyl (C=O) groups excluding carboxylic acids is 1. The molecule has 0 aliphatic carbocycles. The van der Waals surface area contributed by atoms with Gasteiger partial charge in [-0.05, 0) is 20.0 Å². The minimum absolute atomic E-state index is 0.118. The van der Waals surface area contributed by atoms with E-state index in [1.165, 1.54) is 7.11 Å². The first-order chi connectivity index (χ1) is 6.63. The van der Waals surface area contributed by atoms with Gasteiger partial charge in [-0.1, -0.05) is 0 Å². The van der Waals surface area contributed by atoms with Crippen LogP contribution in [0.4, 0.5) is 0 Å². The summed E-state index contributed by atoms with van der Waals surface area (Å²) in [5, 5.41) is 2.91. The Bertz CT molecular complexity index is 198. The van der Waals surface area contributed by atoms with E-state index in [4.69, 9.17) is 10.5 Å². The molecule has 2 atom stereocenters. The molecule has 3 N–H and O–H groups in total. The summed E-state index contributed by atoms with van der Waals surface area (Å²) in [4.78, 5) is 13.6. The molecule has 5 nitrogen and oxygen atoms in total. The van der Waals surface area contributed by atoms with Crippen molar-refractivity contribution in [2.75, 3.05) is 33.9 Å². The quantitative estimate of drug-likeness (QED) is 0.598. The molecule has 0 aromatic rings. The predicted molar refractivity (Wildman–Crippen MR) is 53.9 cm³/mol. The van der Waals surface area contributed by atoms with Gasteiger partial charge >= 0.3 is 0 Å². The Hall–Kier alpha value is -0.650. The molecule has 0 spiro atoms. The summed E-state index contributed by atoms with van der Waals surface area (Å²) in [7, 11) is 3.58. The van der Waals surface area contributed by atoms with Crippen molar-refractivity contribution < 1.29 is 9.53 Å². The van der Waals surface area contributed by atoms with Gasteiger partial charge in [0.2, 0.25) is 5.91 Å². The molecule has 1 rings (SSSR count). The lowest BCUT2D eigenvalue weighted by molar-refractivity contribution is -0.124. The Morgan fingerprint density at radius 3 is 3.00 bits per heavy atom. The monoisotopic (exact) mass is 201 g/mol. The third-order valence-electron chi connectivity index (χ3n) is 2.42. The SMILES string of the molecule is COCC(N)C(=O)NC1CCN(C)C1. The van der Waals surface area contributed by atoms with E-state index in [-0.39, 0.29) is 18.6 Å². The summed E-state index contributed by atoms with van der Waals surface area (Å²) in [5.41, 5.74) is 5.59. The van der Waals surface area contributed by atoms with Crippen molar-refractivity contribution in [1.29, 1.82) is 0 Å². The zero-order valence-electron chi connectivity index (χ0n) is 8.82. The zero-order valence-corrected chi connectivity index (χ0v) is 8.82. The van der Waals surface area contributed by atoms with Crippen LogP contribution in [0.25, 0.3) is 0 Å². The summed E-state index contributed by atoms with van der Waals surface area (Å²) >= 11 is 0. The molecule has 0 radical (unpaired) electrons. The maximum Gasteiger partial charge on any atom is 0.239 e. The molecule has 1 amide bonds. The molecule has 1 fully saturated rings. The third kappa shape index (κ3) is 3.25. The van der Waals surface area contributed by atoms with E-state index < -0.39 is 6.04 Å². The van der Waals surface area contributed by atoms with E-state index in [1.54, 1.807) is 0 Å². The third-order valence-corrected chi connectivity index (χ3v) is 2.42. The van der Waals surface area contributed by atoms with Gasteiger partial charge in [-0.15, -0.1) is 0 Å². The summed E-state index contributed by atoms with van der Waals surface area (Å²) < 4.78 is 4.81. The van der Waals surface area contributed by atoms with Gasteiger partial charge in [-0.25, -0.2) is 0 Å². The number of likely N-dealkylation sites (N-methyl/N-ethyl adjacent to an activating group) is 1. The Morgan fingerprint density at radius 1 is 1.79 bits per heavy atom. The van der Waals surface area contributed by atoms with Gasteiger partial charge in [0.15, 0.2) is 0 Å². The molecule has 1 saturated heterocycles. The van der Waals surface area contributed by atoms with Gasteiger partial charge in [0.05, 0.1) is 6.61 Å². The minimum atomic E-state index is -0.550. The average molecular weight is 201 g/mol. The van der Waals surface area contributed by atoms with E-state index in [9.17, 15) is 4.79 Å². The maximum atomic E-state index is 11.5. The summed E-state index contributed by atoms with van der Waals surface area (Å²) in [6, 6.07) is -0.304. The molecule has 14 heavy (non-hydrogen) atoms. The van der Waals surface area contributed by atoms with Gasteiger partial charge in [-0.3, -0.25) is 4.79 Å². The molecular weight excluding hydrogens is 182 g/mol. The molecule has 0 bridgehead atoms. The van der Waals surface area contributed by atoms with Crippen LogP contribution in [0.1, 0.15) is 6.42 Å². The van der Waals surface area contributed by atoms with Crippen molar-refractivity contribution in [1.82, 2.24) is 10.2 Å². The fourth-order valence-corrected chi connectivity index (χ4v) is 1.62. The first-order valence-corrected chi connectivity index (χ1v) is 4.87. The molecule has 5 heteroatoms. The highest BCUT2D eigenvalue weighted by Gasteiger charge is 2.23. The number of carbonyl (C=O) groups is 1. The Morgan fingerprint density at radius 2 is 2.50 bits per heavy atom. The first-order valence-electron chi connectivity index (χ1n) is 4.87. The summed E-state index contributed by atoms with van der Waals surface area (Å²) in [6.07, 6.45) is 1.00. The van der Waals surface area contributed by atoms with Crippen LogP contribution in [-0.4, -0.2) is 56.7 Å². The van der Waals surface area contributed by atoms with Crippen LogP contribution in [0.15, 0.2) is 0 Å². The van der Waals surface area contributed by atoms with Gasteiger partial charge in [0.1, 0.15) is 6.04 Å². The van der Waals surface area contributed by atoms with Crippen LogP contribution >= 0.6 is 0 Å². The van der Waals surface area contributed by atoms with Gasteiger partial charge in [-0.2, -0.15) is 0 Å². The lowest BCUT2D eigenvalue weighted by atomic mass is 10.2. The molecule has 82 valence electrons. The normalized spacial score (nSPS) is 24.9. The van der Waals surface area contributed by atoms with Crippen LogP contribution in [0.3, 0.4) is 0 Å². The number of hydrogen-bond acceptors (Lipinski definition) is 4. The fraction of sp³-hybridized carbons (Fsp3) is 0.889. The van der Waals surface area contributed by atoms with E-state index in [2.05, 4.69) is 10.2 Å². The molecule has 0 saturated carbocycles. The molecule has 0 aromatic heterocycles. The second-order valence-corrected chi connectivity index (χ2v) is 3.82. The van der Waals surface area contributed by atoms with Crippen LogP contribution in [-0.2, 0) is 9.53 Å². The summed E-state index contributed by atoms with van der Waals surface area (Å²) in [6.45, 7) is 2.21. The molecule has 1 heterocycles. The predicted octanol–water partition coefficient (Wildman–Crippen LogP) is -1.22. The zero-order chi connectivity index (χ0) is 10.6. The topological polar surface area (TPSA) is 67.6 Å². The Kier molecular flexibility index (Phi) is 4.31. The average Bonchev–Trinajstić information content (AvgIpc) is 2.51. The number of amides is 1. The molecule has 1 aliphatic rings. The van der Waals surface area contributed by atoms with Gasteiger partial charge in [0.25, 0.3) is 0 Å². The lowest BCUT2D eigenvalue weighted by Crippen LogP contribution is -2.48. The number of likely N-dealkylation sites (tertiary alicyclic amines) is 1. The minimum Gasteiger partial charge on any atom is -0.383 e. The number of nitrogens with zero attached hydrogens (tertiary/aromatic N) is 1. The smallest absolute Gasteiger partial charge is 0.239 e. The van der Waals surface area contributed by atoms with Crippen molar-refractivity contribution in [3.63, 3.8) is 0 Å². The van der Waals surface area contributed by atoms with Crippen LogP contribution < -0.4 is 11.1 Å². The van der Waals surface area contributed by atoms with E-state index in [1.807, 2.05) is 7.05 Å². The van der Waals surface area contributed by atoms with E-state index in [0.29, 0.717) is 0 Å². The highest BCUT2D eigenvalue weighted by Crippen LogP contribution is 2.05. The molecule has 0 aromatic carbocycles. The van der Waals surface area contributed by atoms with Crippen molar-refractivity contribution >= 4 is 5.91 Å². The first kappa shape index (κ1) is 11.4. The highest BCUT2D eigenvalue weighted by atomic mass is 16.5. The largest absolute Gasteiger partial charge is 0.383 e. The number of methoxy groups -OCH3 is 1. The number of hydrogen-bond donors (Lipinski definition) is 2. The standard InChI is InChI=1S/C9H19N3O2/c1-12-4-3-7(5-12)11-9(13)8(10)6-14-2/h7-8H,3-6,10H2,1-2H3,(H,11,13). The second-order valence-electron chi connectivity index (χ2n) is 3.82.